The lowest BCUT2D eigenvalue weighted by Crippen LogP contribution is -2.52. The molecule has 8 nitrogen and oxygen atoms in total. The van der Waals surface area contributed by atoms with E-state index in [0.717, 1.165) is 5.56 Å². The predicted octanol–water partition coefficient (Wildman–Crippen LogP) is 2.31. The van der Waals surface area contributed by atoms with Crippen LogP contribution in [0.1, 0.15) is 35.3 Å². The van der Waals surface area contributed by atoms with E-state index < -0.39 is 0 Å². The molecule has 3 aliphatic heterocycles. The highest BCUT2D eigenvalue weighted by atomic mass is 16.7. The average molecular weight is 450 g/mol. The molecule has 3 aliphatic rings. The third-order valence-electron chi connectivity index (χ3n) is 6.76. The number of hydrogen-bond acceptors (Lipinski definition) is 5. The van der Waals surface area contributed by atoms with Crippen LogP contribution in [0.15, 0.2) is 48.5 Å². The van der Waals surface area contributed by atoms with E-state index in [-0.39, 0.29) is 42.9 Å². The molecule has 0 N–H and O–H groups in total. The highest BCUT2D eigenvalue weighted by Crippen LogP contribution is 2.33. The first-order valence-electron chi connectivity index (χ1n) is 11.3. The van der Waals surface area contributed by atoms with Gasteiger partial charge in [-0.2, -0.15) is 0 Å². The summed E-state index contributed by atoms with van der Waals surface area (Å²) in [5.41, 5.74) is 1.61. The largest absolute Gasteiger partial charge is 0.454 e. The average Bonchev–Trinajstić information content (AvgIpc) is 3.49. The molecular weight excluding hydrogens is 422 g/mol. The zero-order valence-electron chi connectivity index (χ0n) is 18.6. The van der Waals surface area contributed by atoms with Crippen molar-refractivity contribution in [2.24, 2.45) is 5.92 Å². The van der Waals surface area contributed by atoms with Crippen LogP contribution in [0, 0.1) is 5.92 Å². The molecule has 2 aromatic rings. The Kier molecular flexibility index (Phi) is 5.66. The Labute approximate surface area is 192 Å². The minimum atomic E-state index is -0.334. The van der Waals surface area contributed by atoms with Gasteiger partial charge in [-0.15, -0.1) is 0 Å². The number of benzene rings is 2. The summed E-state index contributed by atoms with van der Waals surface area (Å²) in [6, 6.07) is 15.0. The molecule has 2 fully saturated rings. The number of fused-ring (bicyclic) bond motifs is 1. The molecule has 2 unspecified atom stereocenters. The summed E-state index contributed by atoms with van der Waals surface area (Å²) in [6.45, 7) is 4.46. The second-order valence-corrected chi connectivity index (χ2v) is 8.72. The third-order valence-corrected chi connectivity index (χ3v) is 6.76. The van der Waals surface area contributed by atoms with E-state index in [1.54, 1.807) is 32.9 Å². The SMILES string of the molecule is CC(c1ccccc1)N1CC(C(=O)N2CCN(C(=O)c3ccc4c(c3)OCO4)CC2)CC1=O. The van der Waals surface area contributed by atoms with Gasteiger partial charge in [0.05, 0.1) is 12.0 Å². The Bertz CT molecular complexity index is 1060. The molecule has 8 heteroatoms. The van der Waals surface area contributed by atoms with Crippen molar-refractivity contribution < 1.29 is 23.9 Å². The van der Waals surface area contributed by atoms with E-state index in [1.165, 1.54) is 0 Å². The number of hydrogen-bond donors (Lipinski definition) is 0. The molecule has 33 heavy (non-hydrogen) atoms. The molecule has 0 radical (unpaired) electrons. The van der Waals surface area contributed by atoms with E-state index in [0.29, 0.717) is 49.8 Å². The van der Waals surface area contributed by atoms with Gasteiger partial charge in [-0.05, 0) is 30.7 Å². The van der Waals surface area contributed by atoms with Crippen LogP contribution in [0.5, 0.6) is 11.5 Å². The third kappa shape index (κ3) is 4.13. The Morgan fingerprint density at radius 2 is 1.64 bits per heavy atom. The number of carbonyl (C=O) groups excluding carboxylic acids is 3. The molecule has 0 bridgehead atoms. The molecule has 0 saturated carbocycles. The lowest BCUT2D eigenvalue weighted by molar-refractivity contribution is -0.137. The maximum atomic E-state index is 13.1. The molecule has 3 amide bonds. The van der Waals surface area contributed by atoms with Crippen molar-refractivity contribution in [1.29, 1.82) is 0 Å². The van der Waals surface area contributed by atoms with Crippen LogP contribution >= 0.6 is 0 Å². The summed E-state index contributed by atoms with van der Waals surface area (Å²) in [7, 11) is 0. The van der Waals surface area contributed by atoms with Gasteiger partial charge < -0.3 is 24.2 Å². The van der Waals surface area contributed by atoms with Gasteiger partial charge in [-0.25, -0.2) is 0 Å². The van der Waals surface area contributed by atoms with Crippen molar-refractivity contribution in [2.45, 2.75) is 19.4 Å². The quantitative estimate of drug-likeness (QED) is 0.716. The van der Waals surface area contributed by atoms with Crippen molar-refractivity contribution in [1.82, 2.24) is 14.7 Å². The smallest absolute Gasteiger partial charge is 0.254 e. The van der Waals surface area contributed by atoms with Crippen LogP contribution in [-0.2, 0) is 9.59 Å². The number of piperazine rings is 1. The van der Waals surface area contributed by atoms with Gasteiger partial charge in [0.25, 0.3) is 5.91 Å². The summed E-state index contributed by atoms with van der Waals surface area (Å²) < 4.78 is 10.7. The first-order valence-corrected chi connectivity index (χ1v) is 11.3. The summed E-state index contributed by atoms with van der Waals surface area (Å²) in [4.78, 5) is 44.0. The summed E-state index contributed by atoms with van der Waals surface area (Å²) in [5, 5.41) is 0. The number of ether oxygens (including phenoxy) is 2. The van der Waals surface area contributed by atoms with Crippen molar-refractivity contribution in [2.75, 3.05) is 39.5 Å². The highest BCUT2D eigenvalue weighted by molar-refractivity contribution is 5.95. The van der Waals surface area contributed by atoms with Crippen LogP contribution in [0.4, 0.5) is 0 Å². The highest BCUT2D eigenvalue weighted by Gasteiger charge is 2.39. The van der Waals surface area contributed by atoms with E-state index in [2.05, 4.69) is 0 Å². The van der Waals surface area contributed by atoms with Crippen molar-refractivity contribution in [3.8, 4) is 11.5 Å². The lowest BCUT2D eigenvalue weighted by atomic mass is 10.1. The Balaban J connectivity index is 1.17. The maximum absolute atomic E-state index is 13.1. The van der Waals surface area contributed by atoms with Gasteiger partial charge in [0.1, 0.15) is 0 Å². The van der Waals surface area contributed by atoms with Crippen LogP contribution in [0.2, 0.25) is 0 Å². The number of amides is 3. The fourth-order valence-electron chi connectivity index (χ4n) is 4.78. The first kappa shape index (κ1) is 21.3. The molecular formula is C25H27N3O5. The number of likely N-dealkylation sites (tertiary alicyclic amines) is 1. The topological polar surface area (TPSA) is 79.4 Å². The monoisotopic (exact) mass is 449 g/mol. The molecule has 2 aromatic carbocycles. The molecule has 0 aromatic heterocycles. The predicted molar refractivity (Wildman–Crippen MR) is 120 cm³/mol. The fraction of sp³-hybridized carbons (Fsp3) is 0.400. The second-order valence-electron chi connectivity index (χ2n) is 8.72. The molecule has 0 aliphatic carbocycles. The van der Waals surface area contributed by atoms with E-state index in [9.17, 15) is 14.4 Å². The van der Waals surface area contributed by atoms with Gasteiger partial charge in [0.2, 0.25) is 18.6 Å². The normalized spacial score (nSPS) is 20.8. The second kappa shape index (κ2) is 8.77. The summed E-state index contributed by atoms with van der Waals surface area (Å²) in [6.07, 6.45) is 0.242. The molecule has 5 rings (SSSR count). The minimum Gasteiger partial charge on any atom is -0.454 e. The fourth-order valence-corrected chi connectivity index (χ4v) is 4.78. The Morgan fingerprint density at radius 3 is 2.39 bits per heavy atom. The number of rotatable bonds is 4. The van der Waals surface area contributed by atoms with Crippen LogP contribution in [-0.4, -0.2) is 71.9 Å². The van der Waals surface area contributed by atoms with E-state index >= 15 is 0 Å². The van der Waals surface area contributed by atoms with Crippen LogP contribution in [0.25, 0.3) is 0 Å². The summed E-state index contributed by atoms with van der Waals surface area (Å²) in [5.74, 6) is 0.820. The van der Waals surface area contributed by atoms with Gasteiger partial charge >= 0.3 is 0 Å². The zero-order valence-corrected chi connectivity index (χ0v) is 18.6. The van der Waals surface area contributed by atoms with Crippen LogP contribution < -0.4 is 9.47 Å². The minimum absolute atomic E-state index is 0.00119. The van der Waals surface area contributed by atoms with Gasteiger partial charge in [-0.3, -0.25) is 14.4 Å². The van der Waals surface area contributed by atoms with Crippen molar-refractivity contribution in [3.05, 3.63) is 59.7 Å². The van der Waals surface area contributed by atoms with Gasteiger partial charge in [0, 0.05) is 44.7 Å². The molecule has 0 spiro atoms. The molecule has 2 atom stereocenters. The van der Waals surface area contributed by atoms with Gasteiger partial charge in [-0.1, -0.05) is 30.3 Å². The number of carbonyl (C=O) groups is 3. The molecule has 2 saturated heterocycles. The van der Waals surface area contributed by atoms with Crippen molar-refractivity contribution >= 4 is 17.7 Å². The van der Waals surface area contributed by atoms with E-state index in [1.807, 2.05) is 37.3 Å². The molecule has 3 heterocycles. The maximum Gasteiger partial charge on any atom is 0.254 e. The molecule has 172 valence electrons. The first-order chi connectivity index (χ1) is 16.0. The van der Waals surface area contributed by atoms with E-state index in [4.69, 9.17) is 9.47 Å². The lowest BCUT2D eigenvalue weighted by Gasteiger charge is -2.36. The number of nitrogens with zero attached hydrogens (tertiary/aromatic N) is 3. The Morgan fingerprint density at radius 1 is 0.939 bits per heavy atom. The Hall–Kier alpha value is -3.55. The summed E-state index contributed by atoms with van der Waals surface area (Å²) >= 11 is 0. The van der Waals surface area contributed by atoms with Crippen molar-refractivity contribution in [3.63, 3.8) is 0 Å². The van der Waals surface area contributed by atoms with Gasteiger partial charge in [0.15, 0.2) is 11.5 Å². The standard InChI is InChI=1S/C25H27N3O5/c1-17(18-5-3-2-4-6-18)28-15-20(14-23(28)29)25(31)27-11-9-26(10-12-27)24(30)19-7-8-21-22(13-19)33-16-32-21/h2-8,13,17,20H,9-12,14-16H2,1H3. The van der Waals surface area contributed by atoms with Crippen LogP contribution in [0.3, 0.4) is 0 Å². The zero-order chi connectivity index (χ0) is 22.9.